The summed E-state index contributed by atoms with van der Waals surface area (Å²) in [5.74, 6) is -0.468. The maximum Gasteiger partial charge on any atom is 0.146 e. The van der Waals surface area contributed by atoms with E-state index in [-0.39, 0.29) is 11.7 Å². The Morgan fingerprint density at radius 2 is 1.85 bits per heavy atom. The number of nitrogen functional groups attached to an aromatic ring is 1. The first-order valence-electron chi connectivity index (χ1n) is 6.21. The van der Waals surface area contributed by atoms with Gasteiger partial charge in [0.25, 0.3) is 0 Å². The molecule has 0 bridgehead atoms. The van der Waals surface area contributed by atoms with Crippen molar-refractivity contribution in [2.75, 3.05) is 11.4 Å². The van der Waals surface area contributed by atoms with Crippen molar-refractivity contribution >= 4 is 28.8 Å². The van der Waals surface area contributed by atoms with Crippen LogP contribution in [0.1, 0.15) is 12.5 Å². The van der Waals surface area contributed by atoms with Crippen molar-refractivity contribution in [1.29, 1.82) is 5.41 Å². The number of nitrogens with zero attached hydrogens (tertiary/aromatic N) is 1. The minimum absolute atomic E-state index is 0.139. The first-order valence-corrected chi connectivity index (χ1v) is 6.59. The largest absolute Gasteiger partial charge is 0.384 e. The molecular weight excluding hydrogens is 277 g/mol. The van der Waals surface area contributed by atoms with Crippen LogP contribution in [-0.2, 0) is 0 Å². The second kappa shape index (κ2) is 5.92. The lowest BCUT2D eigenvalue weighted by molar-refractivity contribution is 0.625. The number of hydrogen-bond donors (Lipinski definition) is 2. The van der Waals surface area contributed by atoms with E-state index in [2.05, 4.69) is 0 Å². The van der Waals surface area contributed by atoms with Crippen molar-refractivity contribution in [1.82, 2.24) is 0 Å². The van der Waals surface area contributed by atoms with Crippen molar-refractivity contribution in [3.63, 3.8) is 0 Å². The highest BCUT2D eigenvalue weighted by atomic mass is 35.5. The van der Waals surface area contributed by atoms with E-state index in [1.165, 1.54) is 6.07 Å². The van der Waals surface area contributed by atoms with Crippen LogP contribution in [0.3, 0.4) is 0 Å². The number of anilines is 2. The van der Waals surface area contributed by atoms with E-state index in [0.29, 0.717) is 28.5 Å². The van der Waals surface area contributed by atoms with Gasteiger partial charge >= 0.3 is 0 Å². The number of hydrogen-bond acceptors (Lipinski definition) is 2. The fourth-order valence-electron chi connectivity index (χ4n) is 2.15. The lowest BCUT2D eigenvalue weighted by Gasteiger charge is -2.26. The Morgan fingerprint density at radius 1 is 1.20 bits per heavy atom. The molecule has 0 amide bonds. The van der Waals surface area contributed by atoms with E-state index in [1.54, 1.807) is 41.3 Å². The highest BCUT2D eigenvalue weighted by Crippen LogP contribution is 2.33. The molecule has 0 fully saturated rings. The Balaban J connectivity index is 2.62. The van der Waals surface area contributed by atoms with Crippen LogP contribution in [0.2, 0.25) is 5.02 Å². The normalized spacial score (nSPS) is 10.3. The van der Waals surface area contributed by atoms with Gasteiger partial charge in [-0.2, -0.15) is 0 Å². The lowest BCUT2D eigenvalue weighted by Crippen LogP contribution is -2.23. The number of rotatable bonds is 4. The molecule has 0 aromatic heterocycles. The Labute approximate surface area is 122 Å². The molecule has 3 nitrogen and oxygen atoms in total. The third-order valence-corrected chi connectivity index (χ3v) is 3.33. The van der Waals surface area contributed by atoms with Crippen LogP contribution in [0.4, 0.5) is 15.8 Å². The molecule has 2 rings (SSSR count). The fourth-order valence-corrected chi connectivity index (χ4v) is 2.42. The van der Waals surface area contributed by atoms with Gasteiger partial charge < -0.3 is 10.6 Å². The van der Waals surface area contributed by atoms with Gasteiger partial charge in [0.2, 0.25) is 0 Å². The lowest BCUT2D eigenvalue weighted by atomic mass is 10.1. The number of halogens is 2. The molecule has 2 aromatic rings. The molecule has 0 saturated heterocycles. The zero-order valence-corrected chi connectivity index (χ0v) is 11.8. The predicted octanol–water partition coefficient (Wildman–Crippen LogP) is 3.92. The molecule has 0 aliphatic heterocycles. The van der Waals surface area contributed by atoms with Crippen molar-refractivity contribution < 1.29 is 4.39 Å². The average Bonchev–Trinajstić information content (AvgIpc) is 2.41. The van der Waals surface area contributed by atoms with Gasteiger partial charge in [-0.3, -0.25) is 5.41 Å². The van der Waals surface area contributed by atoms with Crippen LogP contribution in [0.25, 0.3) is 0 Å². The summed E-state index contributed by atoms with van der Waals surface area (Å²) >= 11 is 6.11. The van der Waals surface area contributed by atoms with Crippen LogP contribution in [0.15, 0.2) is 42.5 Å². The van der Waals surface area contributed by atoms with Gasteiger partial charge in [0.15, 0.2) is 0 Å². The molecule has 0 radical (unpaired) electrons. The minimum Gasteiger partial charge on any atom is -0.384 e. The quantitative estimate of drug-likeness (QED) is 0.662. The maximum atomic E-state index is 14.0. The van der Waals surface area contributed by atoms with Crippen LogP contribution in [-0.4, -0.2) is 12.4 Å². The smallest absolute Gasteiger partial charge is 0.146 e. The second-order valence-electron chi connectivity index (χ2n) is 4.24. The number of para-hydroxylation sites is 1. The molecule has 0 aliphatic rings. The molecule has 0 aliphatic carbocycles. The Hall–Kier alpha value is -2.07. The Kier molecular flexibility index (Phi) is 4.25. The molecular formula is C15H15ClFN3. The van der Waals surface area contributed by atoms with Crippen LogP contribution in [0.5, 0.6) is 0 Å². The molecule has 0 spiro atoms. The summed E-state index contributed by atoms with van der Waals surface area (Å²) in [6.45, 7) is 2.43. The van der Waals surface area contributed by atoms with Gasteiger partial charge in [-0.15, -0.1) is 0 Å². The van der Waals surface area contributed by atoms with Gasteiger partial charge in [-0.05, 0) is 31.2 Å². The fraction of sp³-hybridized carbons (Fsp3) is 0.133. The van der Waals surface area contributed by atoms with Gasteiger partial charge in [0, 0.05) is 6.54 Å². The molecule has 0 saturated carbocycles. The van der Waals surface area contributed by atoms with E-state index < -0.39 is 0 Å². The first-order chi connectivity index (χ1) is 9.56. The Morgan fingerprint density at radius 3 is 2.45 bits per heavy atom. The van der Waals surface area contributed by atoms with E-state index in [4.69, 9.17) is 22.7 Å². The van der Waals surface area contributed by atoms with Crippen LogP contribution in [0, 0.1) is 11.2 Å². The summed E-state index contributed by atoms with van der Waals surface area (Å²) in [7, 11) is 0. The SMILES string of the molecule is CCN(c1ccccc1F)c1cccc(Cl)c1C(=N)N. The molecule has 0 heterocycles. The molecule has 3 N–H and O–H groups in total. The molecule has 0 unspecified atom stereocenters. The monoisotopic (exact) mass is 291 g/mol. The zero-order chi connectivity index (χ0) is 14.7. The summed E-state index contributed by atoms with van der Waals surface area (Å²) in [4.78, 5) is 1.75. The highest BCUT2D eigenvalue weighted by molar-refractivity contribution is 6.34. The van der Waals surface area contributed by atoms with Crippen LogP contribution < -0.4 is 10.6 Å². The Bertz CT molecular complexity index is 643. The summed E-state index contributed by atoms with van der Waals surface area (Å²) in [6, 6.07) is 11.7. The number of nitrogens with two attached hydrogens (primary N) is 1. The molecule has 104 valence electrons. The summed E-state index contributed by atoms with van der Waals surface area (Å²) in [6.07, 6.45) is 0. The number of nitrogens with one attached hydrogen (secondary N) is 1. The molecule has 0 atom stereocenters. The van der Waals surface area contributed by atoms with Crippen LogP contribution >= 0.6 is 11.6 Å². The van der Waals surface area contributed by atoms with Gasteiger partial charge in [0.1, 0.15) is 11.7 Å². The standard InChI is InChI=1S/C15H15ClFN3/c1-2-20(12-8-4-3-7-11(12)17)13-9-5-6-10(16)14(13)15(18)19/h3-9H,2H2,1H3,(H3,18,19). The number of amidine groups is 1. The summed E-state index contributed by atoms with van der Waals surface area (Å²) < 4.78 is 14.0. The van der Waals surface area contributed by atoms with E-state index >= 15 is 0 Å². The third kappa shape index (κ3) is 2.60. The highest BCUT2D eigenvalue weighted by Gasteiger charge is 2.18. The van der Waals surface area contributed by atoms with Crippen molar-refractivity contribution in [3.05, 3.63) is 58.9 Å². The molecule has 5 heteroatoms. The first kappa shape index (κ1) is 14.3. The molecule has 20 heavy (non-hydrogen) atoms. The number of benzene rings is 2. The topological polar surface area (TPSA) is 53.1 Å². The average molecular weight is 292 g/mol. The van der Waals surface area contributed by atoms with Crippen molar-refractivity contribution in [2.45, 2.75) is 6.92 Å². The van der Waals surface area contributed by atoms with Gasteiger partial charge in [-0.1, -0.05) is 29.8 Å². The van der Waals surface area contributed by atoms with Crippen molar-refractivity contribution in [2.24, 2.45) is 5.73 Å². The predicted molar refractivity (Wildman–Crippen MR) is 81.5 cm³/mol. The van der Waals surface area contributed by atoms with Crippen molar-refractivity contribution in [3.8, 4) is 0 Å². The van der Waals surface area contributed by atoms with E-state index in [9.17, 15) is 4.39 Å². The van der Waals surface area contributed by atoms with E-state index in [1.807, 2.05) is 6.92 Å². The van der Waals surface area contributed by atoms with E-state index in [0.717, 1.165) is 0 Å². The summed E-state index contributed by atoms with van der Waals surface area (Å²) in [5, 5.41) is 8.05. The third-order valence-electron chi connectivity index (χ3n) is 3.01. The molecule has 2 aromatic carbocycles. The minimum atomic E-state index is -0.330. The van der Waals surface area contributed by atoms with Gasteiger partial charge in [-0.25, -0.2) is 4.39 Å². The zero-order valence-electron chi connectivity index (χ0n) is 11.0. The second-order valence-corrected chi connectivity index (χ2v) is 4.65. The van der Waals surface area contributed by atoms with Gasteiger partial charge in [0.05, 0.1) is 22.0 Å². The summed E-state index contributed by atoms with van der Waals surface area (Å²) in [5.41, 5.74) is 7.07. The maximum absolute atomic E-state index is 14.0.